The van der Waals surface area contributed by atoms with E-state index in [1.54, 1.807) is 6.20 Å². The van der Waals surface area contributed by atoms with Gasteiger partial charge in [0.15, 0.2) is 0 Å². The highest BCUT2D eigenvalue weighted by Crippen LogP contribution is 2.41. The van der Waals surface area contributed by atoms with Gasteiger partial charge in [-0.25, -0.2) is 4.79 Å². The molecule has 1 spiro atoms. The van der Waals surface area contributed by atoms with Crippen LogP contribution in [-0.4, -0.2) is 39.1 Å². The average molecular weight is 429 g/mol. The third-order valence-corrected chi connectivity index (χ3v) is 6.21. The van der Waals surface area contributed by atoms with Crippen molar-refractivity contribution in [2.75, 3.05) is 6.54 Å². The molecular weight excluding hydrogens is 406 g/mol. The van der Waals surface area contributed by atoms with Crippen molar-refractivity contribution in [3.63, 3.8) is 0 Å². The molecule has 0 saturated carbocycles. The van der Waals surface area contributed by atoms with Crippen molar-refractivity contribution in [2.24, 2.45) is 0 Å². The maximum atomic E-state index is 13.2. The van der Waals surface area contributed by atoms with Gasteiger partial charge in [-0.15, -0.1) is 0 Å². The Hall–Kier alpha value is -3.94. The Morgan fingerprint density at radius 1 is 1.06 bits per heavy atom. The van der Waals surface area contributed by atoms with Crippen molar-refractivity contribution in [3.8, 4) is 0 Å². The topological polar surface area (TPSA) is 96.3 Å². The third-order valence-electron chi connectivity index (χ3n) is 6.21. The SMILES string of the molecule is O=C(CN1C(=O)NC2(CCc3ccccc32)C1=O)NCc1ccccc1Cn1cccn1. The second-order valence-electron chi connectivity index (χ2n) is 8.13. The first-order valence-electron chi connectivity index (χ1n) is 10.6. The molecular formula is C24H23N5O3. The van der Waals surface area contributed by atoms with E-state index in [2.05, 4.69) is 15.7 Å². The van der Waals surface area contributed by atoms with Crippen LogP contribution in [0.5, 0.6) is 0 Å². The smallest absolute Gasteiger partial charge is 0.325 e. The van der Waals surface area contributed by atoms with Crippen molar-refractivity contribution in [1.82, 2.24) is 25.3 Å². The van der Waals surface area contributed by atoms with E-state index in [1.165, 1.54) is 0 Å². The Kier molecular flexibility index (Phi) is 4.97. The first-order chi connectivity index (χ1) is 15.6. The molecule has 1 unspecified atom stereocenters. The van der Waals surface area contributed by atoms with Gasteiger partial charge in [0.25, 0.3) is 5.91 Å². The highest BCUT2D eigenvalue weighted by Gasteiger charge is 2.55. The minimum absolute atomic E-state index is 0.300. The molecule has 1 saturated heterocycles. The number of hydrogen-bond donors (Lipinski definition) is 2. The minimum atomic E-state index is -1.05. The maximum Gasteiger partial charge on any atom is 0.325 e. The summed E-state index contributed by atoms with van der Waals surface area (Å²) in [7, 11) is 0. The Bertz CT molecular complexity index is 1190. The number of carbonyl (C=O) groups is 3. The number of hydrogen-bond acceptors (Lipinski definition) is 4. The predicted octanol–water partition coefficient (Wildman–Crippen LogP) is 1.94. The van der Waals surface area contributed by atoms with E-state index < -0.39 is 11.6 Å². The first-order valence-corrected chi connectivity index (χ1v) is 10.6. The Morgan fingerprint density at radius 2 is 1.84 bits per heavy atom. The van der Waals surface area contributed by atoms with Crippen molar-refractivity contribution >= 4 is 17.8 Å². The predicted molar refractivity (Wildman–Crippen MR) is 116 cm³/mol. The molecule has 1 aliphatic heterocycles. The van der Waals surface area contributed by atoms with Crippen molar-refractivity contribution in [2.45, 2.75) is 31.5 Å². The van der Waals surface area contributed by atoms with Gasteiger partial charge in [-0.1, -0.05) is 48.5 Å². The van der Waals surface area contributed by atoms with Crippen LogP contribution >= 0.6 is 0 Å². The first kappa shape index (κ1) is 20.0. The second kappa shape index (κ2) is 7.96. The number of aryl methyl sites for hydroxylation is 1. The van der Waals surface area contributed by atoms with Crippen molar-refractivity contribution < 1.29 is 14.4 Å². The number of rotatable bonds is 6. The van der Waals surface area contributed by atoms with Crippen molar-refractivity contribution in [1.29, 1.82) is 0 Å². The fourth-order valence-electron chi connectivity index (χ4n) is 4.58. The van der Waals surface area contributed by atoms with Crippen LogP contribution in [0.4, 0.5) is 4.79 Å². The van der Waals surface area contributed by atoms with Crippen LogP contribution < -0.4 is 10.6 Å². The van der Waals surface area contributed by atoms with Crippen LogP contribution in [0.15, 0.2) is 67.0 Å². The van der Waals surface area contributed by atoms with Gasteiger partial charge >= 0.3 is 6.03 Å². The molecule has 32 heavy (non-hydrogen) atoms. The van der Waals surface area contributed by atoms with E-state index in [1.807, 2.05) is 65.5 Å². The van der Waals surface area contributed by atoms with Gasteiger partial charge in [-0.3, -0.25) is 19.2 Å². The molecule has 162 valence electrons. The van der Waals surface area contributed by atoms with E-state index in [4.69, 9.17) is 0 Å². The molecule has 1 aliphatic carbocycles. The van der Waals surface area contributed by atoms with Crippen LogP contribution in [0.1, 0.15) is 28.7 Å². The van der Waals surface area contributed by atoms with Crippen LogP contribution in [0, 0.1) is 0 Å². The number of nitrogens with zero attached hydrogens (tertiary/aromatic N) is 3. The molecule has 5 rings (SSSR count). The van der Waals surface area contributed by atoms with Gasteiger partial charge in [0, 0.05) is 18.9 Å². The van der Waals surface area contributed by atoms with Crippen LogP contribution in [0.25, 0.3) is 0 Å². The van der Waals surface area contributed by atoms with E-state index in [0.29, 0.717) is 19.5 Å². The molecule has 2 N–H and O–H groups in total. The Morgan fingerprint density at radius 3 is 2.66 bits per heavy atom. The van der Waals surface area contributed by atoms with Gasteiger partial charge in [0.2, 0.25) is 5.91 Å². The van der Waals surface area contributed by atoms with E-state index in [-0.39, 0.29) is 18.4 Å². The van der Waals surface area contributed by atoms with E-state index in [0.717, 1.165) is 33.6 Å². The van der Waals surface area contributed by atoms with E-state index >= 15 is 0 Å². The van der Waals surface area contributed by atoms with Crippen molar-refractivity contribution in [3.05, 3.63) is 89.2 Å². The van der Waals surface area contributed by atoms with Crippen LogP contribution in [0.2, 0.25) is 0 Å². The quantitative estimate of drug-likeness (QED) is 0.586. The second-order valence-corrected chi connectivity index (χ2v) is 8.13. The monoisotopic (exact) mass is 429 g/mol. The van der Waals surface area contributed by atoms with Gasteiger partial charge in [0.05, 0.1) is 6.54 Å². The zero-order valence-electron chi connectivity index (χ0n) is 17.5. The number of fused-ring (bicyclic) bond motifs is 2. The van der Waals surface area contributed by atoms with Gasteiger partial charge in [-0.2, -0.15) is 5.10 Å². The molecule has 2 heterocycles. The zero-order chi connectivity index (χ0) is 22.1. The third kappa shape index (κ3) is 3.43. The summed E-state index contributed by atoms with van der Waals surface area (Å²) in [4.78, 5) is 39.5. The number of amides is 4. The number of imide groups is 1. The number of aromatic nitrogens is 2. The molecule has 2 aromatic carbocycles. The van der Waals surface area contributed by atoms with Gasteiger partial charge in [-0.05, 0) is 41.2 Å². The fraction of sp³-hybridized carbons (Fsp3) is 0.250. The molecule has 0 bridgehead atoms. The summed E-state index contributed by atoms with van der Waals surface area (Å²) in [6.45, 7) is 0.581. The highest BCUT2D eigenvalue weighted by atomic mass is 16.2. The molecule has 0 radical (unpaired) electrons. The molecule has 4 amide bonds. The lowest BCUT2D eigenvalue weighted by molar-refractivity contribution is -0.135. The molecule has 8 heteroatoms. The lowest BCUT2D eigenvalue weighted by Gasteiger charge is -2.22. The summed E-state index contributed by atoms with van der Waals surface area (Å²) in [5.74, 6) is -0.743. The maximum absolute atomic E-state index is 13.2. The molecule has 1 aromatic heterocycles. The fourth-order valence-corrected chi connectivity index (χ4v) is 4.58. The summed E-state index contributed by atoms with van der Waals surface area (Å²) >= 11 is 0. The number of benzene rings is 2. The lowest BCUT2D eigenvalue weighted by atomic mass is 9.92. The summed E-state index contributed by atoms with van der Waals surface area (Å²) in [5, 5.41) is 9.91. The molecule has 8 nitrogen and oxygen atoms in total. The molecule has 1 fully saturated rings. The largest absolute Gasteiger partial charge is 0.350 e. The van der Waals surface area contributed by atoms with Crippen LogP contribution in [-0.2, 0) is 34.6 Å². The minimum Gasteiger partial charge on any atom is -0.350 e. The number of urea groups is 1. The number of nitrogens with one attached hydrogen (secondary N) is 2. The zero-order valence-corrected chi connectivity index (χ0v) is 17.5. The average Bonchev–Trinajstić information content (AvgIpc) is 3.50. The lowest BCUT2D eigenvalue weighted by Crippen LogP contribution is -2.43. The van der Waals surface area contributed by atoms with E-state index in [9.17, 15) is 14.4 Å². The highest BCUT2D eigenvalue weighted by molar-refractivity contribution is 6.09. The Balaban J connectivity index is 1.25. The Labute approximate surface area is 185 Å². The molecule has 1 atom stereocenters. The number of carbonyl (C=O) groups excluding carboxylic acids is 3. The van der Waals surface area contributed by atoms with Gasteiger partial charge in [0.1, 0.15) is 12.1 Å². The summed E-state index contributed by atoms with van der Waals surface area (Å²) < 4.78 is 1.81. The van der Waals surface area contributed by atoms with Gasteiger partial charge < -0.3 is 10.6 Å². The van der Waals surface area contributed by atoms with Crippen LogP contribution in [0.3, 0.4) is 0 Å². The summed E-state index contributed by atoms with van der Waals surface area (Å²) in [6.07, 6.45) is 4.83. The summed E-state index contributed by atoms with van der Waals surface area (Å²) in [5.41, 5.74) is 2.82. The molecule has 3 aromatic rings. The standard InChI is InChI=1S/C24H23N5O3/c30-21(25-14-18-7-1-2-8-19(18)15-28-13-5-12-26-28)16-29-22(31)24(27-23(29)32)11-10-17-6-3-4-9-20(17)24/h1-9,12-13H,10-11,14-16H2,(H,25,30)(H,27,32). The molecule has 2 aliphatic rings. The summed E-state index contributed by atoms with van der Waals surface area (Å²) in [6, 6.07) is 16.7. The normalized spacial score (nSPS) is 19.3.